The molecule has 2 fully saturated rings. The van der Waals surface area contributed by atoms with Gasteiger partial charge in [0.2, 0.25) is 0 Å². The lowest BCUT2D eigenvalue weighted by molar-refractivity contribution is -0.143. The predicted molar refractivity (Wildman–Crippen MR) is 58.7 cm³/mol. The van der Waals surface area contributed by atoms with Gasteiger partial charge in [-0.3, -0.25) is 9.69 Å². The van der Waals surface area contributed by atoms with Crippen LogP contribution in [0.15, 0.2) is 0 Å². The van der Waals surface area contributed by atoms with E-state index in [1.165, 1.54) is 12.8 Å². The first-order valence-corrected chi connectivity index (χ1v) is 6.15. The van der Waals surface area contributed by atoms with Crippen molar-refractivity contribution in [1.82, 2.24) is 4.90 Å². The van der Waals surface area contributed by atoms with Crippen LogP contribution in [0.2, 0.25) is 0 Å². The quantitative estimate of drug-likeness (QED) is 0.759. The van der Waals surface area contributed by atoms with Crippen LogP contribution >= 0.6 is 0 Å². The molecule has 0 bridgehead atoms. The summed E-state index contributed by atoms with van der Waals surface area (Å²) < 4.78 is 0. The minimum Gasteiger partial charge on any atom is -0.481 e. The van der Waals surface area contributed by atoms with E-state index in [1.807, 2.05) is 0 Å². The van der Waals surface area contributed by atoms with Gasteiger partial charge in [-0.1, -0.05) is 13.3 Å². The molecule has 1 saturated heterocycles. The molecule has 0 aromatic heterocycles. The zero-order chi connectivity index (χ0) is 10.8. The molecule has 1 heterocycles. The highest BCUT2D eigenvalue weighted by atomic mass is 16.4. The Morgan fingerprint density at radius 1 is 1.20 bits per heavy atom. The van der Waals surface area contributed by atoms with E-state index >= 15 is 0 Å². The van der Waals surface area contributed by atoms with E-state index in [1.54, 1.807) is 0 Å². The van der Waals surface area contributed by atoms with Gasteiger partial charge in [0.25, 0.3) is 0 Å². The van der Waals surface area contributed by atoms with Gasteiger partial charge in [0.05, 0.1) is 5.92 Å². The molecule has 2 unspecified atom stereocenters. The van der Waals surface area contributed by atoms with E-state index in [-0.39, 0.29) is 5.92 Å². The first-order valence-electron chi connectivity index (χ1n) is 6.15. The summed E-state index contributed by atoms with van der Waals surface area (Å²) in [5.74, 6) is 0.139. The van der Waals surface area contributed by atoms with Gasteiger partial charge in [-0.05, 0) is 44.7 Å². The summed E-state index contributed by atoms with van der Waals surface area (Å²) in [5.41, 5.74) is 0. The Balaban J connectivity index is 1.94. The molecule has 86 valence electrons. The van der Waals surface area contributed by atoms with E-state index in [0.29, 0.717) is 6.04 Å². The van der Waals surface area contributed by atoms with Gasteiger partial charge in [-0.25, -0.2) is 0 Å². The fraction of sp³-hybridized carbons (Fsp3) is 0.917. The minimum atomic E-state index is -0.587. The van der Waals surface area contributed by atoms with Crippen molar-refractivity contribution in [1.29, 1.82) is 0 Å². The lowest BCUT2D eigenvalue weighted by Crippen LogP contribution is -2.44. The Bertz CT molecular complexity index is 234. The zero-order valence-electron chi connectivity index (χ0n) is 9.48. The van der Waals surface area contributed by atoms with Crippen molar-refractivity contribution in [2.75, 3.05) is 13.1 Å². The van der Waals surface area contributed by atoms with Gasteiger partial charge in [0.15, 0.2) is 0 Å². The first kappa shape index (κ1) is 10.9. The topological polar surface area (TPSA) is 40.5 Å². The molecule has 1 aliphatic heterocycles. The van der Waals surface area contributed by atoms with E-state index in [4.69, 9.17) is 5.11 Å². The second-order valence-corrected chi connectivity index (χ2v) is 5.16. The number of piperidine rings is 1. The average Bonchev–Trinajstić information content (AvgIpc) is 2.67. The molecular weight excluding hydrogens is 190 g/mol. The average molecular weight is 211 g/mol. The number of carboxylic acid groups (broad SMARTS) is 1. The van der Waals surface area contributed by atoms with Gasteiger partial charge in [0, 0.05) is 6.04 Å². The highest BCUT2D eigenvalue weighted by Gasteiger charge is 2.37. The molecule has 3 nitrogen and oxygen atoms in total. The Morgan fingerprint density at radius 2 is 1.87 bits per heavy atom. The van der Waals surface area contributed by atoms with Crippen molar-refractivity contribution in [3.8, 4) is 0 Å². The zero-order valence-corrected chi connectivity index (χ0v) is 9.48. The fourth-order valence-electron chi connectivity index (χ4n) is 3.03. The number of hydrogen-bond acceptors (Lipinski definition) is 2. The van der Waals surface area contributed by atoms with Crippen molar-refractivity contribution in [2.24, 2.45) is 11.8 Å². The van der Waals surface area contributed by atoms with Crippen LogP contribution in [0.4, 0.5) is 0 Å². The molecule has 0 radical (unpaired) electrons. The first-order chi connectivity index (χ1) is 7.18. The van der Waals surface area contributed by atoms with Crippen LogP contribution in [0.3, 0.4) is 0 Å². The van der Waals surface area contributed by atoms with Crippen LogP contribution in [-0.4, -0.2) is 35.1 Å². The van der Waals surface area contributed by atoms with E-state index in [9.17, 15) is 4.79 Å². The molecular formula is C12H21NO2. The molecule has 1 N–H and O–H groups in total. The van der Waals surface area contributed by atoms with E-state index in [2.05, 4.69) is 11.8 Å². The molecule has 1 saturated carbocycles. The lowest BCUT2D eigenvalue weighted by atomic mass is 9.95. The maximum Gasteiger partial charge on any atom is 0.308 e. The van der Waals surface area contributed by atoms with E-state index in [0.717, 1.165) is 38.3 Å². The van der Waals surface area contributed by atoms with Crippen molar-refractivity contribution < 1.29 is 9.90 Å². The van der Waals surface area contributed by atoms with Gasteiger partial charge in [-0.2, -0.15) is 0 Å². The van der Waals surface area contributed by atoms with Gasteiger partial charge in [-0.15, -0.1) is 0 Å². The molecule has 2 aliphatic rings. The molecule has 0 aromatic rings. The number of nitrogens with zero attached hydrogens (tertiary/aromatic N) is 1. The Hall–Kier alpha value is -0.570. The van der Waals surface area contributed by atoms with E-state index < -0.39 is 5.97 Å². The van der Waals surface area contributed by atoms with Gasteiger partial charge < -0.3 is 5.11 Å². The summed E-state index contributed by atoms with van der Waals surface area (Å²) in [4.78, 5) is 13.5. The third-order valence-electron chi connectivity index (χ3n) is 4.08. The highest BCUT2D eigenvalue weighted by Crippen LogP contribution is 2.32. The van der Waals surface area contributed by atoms with Gasteiger partial charge >= 0.3 is 5.97 Å². The Labute approximate surface area is 91.5 Å². The molecule has 0 amide bonds. The number of carboxylic acids is 1. The number of hydrogen-bond donors (Lipinski definition) is 1. The summed E-state index contributed by atoms with van der Waals surface area (Å²) in [5, 5.41) is 9.14. The predicted octanol–water partition coefficient (Wildman–Crippen LogP) is 1.97. The summed E-state index contributed by atoms with van der Waals surface area (Å²) >= 11 is 0. The molecule has 15 heavy (non-hydrogen) atoms. The number of carbonyl (C=O) groups is 1. The molecule has 0 aromatic carbocycles. The molecule has 1 aliphatic carbocycles. The molecule has 0 spiro atoms. The van der Waals surface area contributed by atoms with Crippen molar-refractivity contribution in [3.63, 3.8) is 0 Å². The molecule has 2 rings (SSSR count). The van der Waals surface area contributed by atoms with Crippen LogP contribution in [0.5, 0.6) is 0 Å². The fourth-order valence-corrected chi connectivity index (χ4v) is 3.03. The summed E-state index contributed by atoms with van der Waals surface area (Å²) in [7, 11) is 0. The smallest absolute Gasteiger partial charge is 0.308 e. The Morgan fingerprint density at radius 3 is 2.47 bits per heavy atom. The Kier molecular flexibility index (Phi) is 3.29. The summed E-state index contributed by atoms with van der Waals surface area (Å²) in [6, 6.07) is 0.329. The summed E-state index contributed by atoms with van der Waals surface area (Å²) in [6.07, 6.45) is 5.54. The minimum absolute atomic E-state index is 0.0987. The second kappa shape index (κ2) is 4.52. The number of aliphatic carboxylic acids is 1. The summed E-state index contributed by atoms with van der Waals surface area (Å²) in [6.45, 7) is 4.51. The van der Waals surface area contributed by atoms with Gasteiger partial charge in [0.1, 0.15) is 0 Å². The maximum absolute atomic E-state index is 11.1. The molecule has 3 heteroatoms. The monoisotopic (exact) mass is 211 g/mol. The second-order valence-electron chi connectivity index (χ2n) is 5.16. The third kappa shape index (κ3) is 2.33. The van der Waals surface area contributed by atoms with Crippen molar-refractivity contribution in [3.05, 3.63) is 0 Å². The standard InChI is InChI=1S/C12H21NO2/c1-9-5-7-13(8-6-9)11-4-2-3-10(11)12(14)15/h9-11H,2-8H2,1H3,(H,14,15). The van der Waals surface area contributed by atoms with Crippen LogP contribution < -0.4 is 0 Å². The SMILES string of the molecule is CC1CCN(C2CCCC2C(=O)O)CC1. The van der Waals surface area contributed by atoms with Crippen molar-refractivity contribution >= 4 is 5.97 Å². The third-order valence-corrected chi connectivity index (χ3v) is 4.08. The number of rotatable bonds is 2. The number of likely N-dealkylation sites (tertiary alicyclic amines) is 1. The molecule has 2 atom stereocenters. The lowest BCUT2D eigenvalue weighted by Gasteiger charge is -2.36. The van der Waals surface area contributed by atoms with Crippen molar-refractivity contribution in [2.45, 2.75) is 45.1 Å². The van der Waals surface area contributed by atoms with Crippen LogP contribution in [0, 0.1) is 11.8 Å². The van der Waals surface area contributed by atoms with Crippen LogP contribution in [0.25, 0.3) is 0 Å². The van der Waals surface area contributed by atoms with Crippen LogP contribution in [-0.2, 0) is 4.79 Å². The normalized spacial score (nSPS) is 34.5. The van der Waals surface area contributed by atoms with Crippen LogP contribution in [0.1, 0.15) is 39.0 Å². The maximum atomic E-state index is 11.1. The highest BCUT2D eigenvalue weighted by molar-refractivity contribution is 5.71. The largest absolute Gasteiger partial charge is 0.481 e.